The van der Waals surface area contributed by atoms with E-state index in [0.29, 0.717) is 6.54 Å². The maximum Gasteiger partial charge on any atom is 0.241 e. The summed E-state index contributed by atoms with van der Waals surface area (Å²) in [6.45, 7) is 1.88. The number of halogens is 2. The maximum atomic E-state index is 14.0. The standard InChI is InChI=1S/C14H21FN2O3S.ClH/c1-9-13(7-6-12(20-2)14(9)15)21(18,19)17-11-5-3-4-10(11)8-16;/h6-7,10-11,17H,3-5,8,16H2,1-2H3;1H. The fraction of sp³-hybridized carbons (Fsp3) is 0.571. The van der Waals surface area contributed by atoms with Crippen LogP contribution < -0.4 is 15.2 Å². The molecule has 3 N–H and O–H groups in total. The van der Waals surface area contributed by atoms with Gasteiger partial charge in [-0.25, -0.2) is 17.5 Å². The van der Waals surface area contributed by atoms with Crippen molar-refractivity contribution in [2.45, 2.75) is 37.1 Å². The third-order valence-corrected chi connectivity index (χ3v) is 5.71. The Morgan fingerprint density at radius 2 is 2.09 bits per heavy atom. The highest BCUT2D eigenvalue weighted by Crippen LogP contribution is 2.29. The van der Waals surface area contributed by atoms with Gasteiger partial charge in [-0.15, -0.1) is 12.4 Å². The Morgan fingerprint density at radius 1 is 1.41 bits per heavy atom. The van der Waals surface area contributed by atoms with Crippen LogP contribution in [0.3, 0.4) is 0 Å². The van der Waals surface area contributed by atoms with Crippen molar-refractivity contribution in [3.63, 3.8) is 0 Å². The number of sulfonamides is 1. The van der Waals surface area contributed by atoms with Gasteiger partial charge in [-0.2, -0.15) is 0 Å². The first kappa shape index (κ1) is 19.2. The molecule has 0 saturated heterocycles. The van der Waals surface area contributed by atoms with E-state index in [0.717, 1.165) is 19.3 Å². The van der Waals surface area contributed by atoms with Gasteiger partial charge in [-0.05, 0) is 44.4 Å². The van der Waals surface area contributed by atoms with Gasteiger partial charge in [0.2, 0.25) is 10.0 Å². The van der Waals surface area contributed by atoms with Gasteiger partial charge < -0.3 is 10.5 Å². The molecule has 1 aromatic rings. The van der Waals surface area contributed by atoms with Crippen LogP contribution in [0.2, 0.25) is 0 Å². The van der Waals surface area contributed by atoms with Crippen LogP contribution in [0.1, 0.15) is 24.8 Å². The van der Waals surface area contributed by atoms with Crippen molar-refractivity contribution < 1.29 is 17.5 Å². The van der Waals surface area contributed by atoms with Gasteiger partial charge in [0.05, 0.1) is 12.0 Å². The highest BCUT2D eigenvalue weighted by molar-refractivity contribution is 7.89. The first-order valence-electron chi connectivity index (χ1n) is 6.96. The van der Waals surface area contributed by atoms with E-state index in [4.69, 9.17) is 10.5 Å². The molecule has 1 aromatic carbocycles. The minimum Gasteiger partial charge on any atom is -0.494 e. The molecule has 0 spiro atoms. The molecule has 0 aliphatic heterocycles. The van der Waals surface area contributed by atoms with Crippen LogP contribution in [-0.2, 0) is 10.0 Å². The fourth-order valence-electron chi connectivity index (χ4n) is 2.83. The molecule has 0 bridgehead atoms. The molecule has 126 valence electrons. The van der Waals surface area contributed by atoms with Gasteiger partial charge in [0.25, 0.3) is 0 Å². The van der Waals surface area contributed by atoms with Gasteiger partial charge in [0, 0.05) is 11.6 Å². The third-order valence-electron chi connectivity index (χ3n) is 4.08. The minimum atomic E-state index is -3.77. The smallest absolute Gasteiger partial charge is 0.241 e. The van der Waals surface area contributed by atoms with Crippen LogP contribution in [0, 0.1) is 18.7 Å². The topological polar surface area (TPSA) is 81.4 Å². The third kappa shape index (κ3) is 3.71. The van der Waals surface area contributed by atoms with E-state index in [-0.39, 0.29) is 40.6 Å². The van der Waals surface area contributed by atoms with Crippen LogP contribution in [0.25, 0.3) is 0 Å². The summed E-state index contributed by atoms with van der Waals surface area (Å²) < 4.78 is 46.5. The lowest BCUT2D eigenvalue weighted by Crippen LogP contribution is -2.40. The Hall–Kier alpha value is -0.890. The predicted octanol–water partition coefficient (Wildman–Crippen LogP) is 1.97. The first-order chi connectivity index (χ1) is 9.90. The lowest BCUT2D eigenvalue weighted by molar-refractivity contribution is 0.383. The highest BCUT2D eigenvalue weighted by Gasteiger charge is 2.31. The number of benzene rings is 1. The SMILES string of the molecule is COc1ccc(S(=O)(=O)NC2CCCC2CN)c(C)c1F.Cl. The zero-order chi connectivity index (χ0) is 15.6. The second kappa shape index (κ2) is 7.59. The monoisotopic (exact) mass is 352 g/mol. The van der Waals surface area contributed by atoms with E-state index in [2.05, 4.69) is 4.72 Å². The quantitative estimate of drug-likeness (QED) is 0.848. The van der Waals surface area contributed by atoms with Crippen LogP contribution in [-0.4, -0.2) is 28.1 Å². The molecule has 0 aromatic heterocycles. The van der Waals surface area contributed by atoms with E-state index < -0.39 is 15.8 Å². The zero-order valence-electron chi connectivity index (χ0n) is 12.6. The van der Waals surface area contributed by atoms with Crippen molar-refractivity contribution in [3.05, 3.63) is 23.5 Å². The average Bonchev–Trinajstić information content (AvgIpc) is 2.87. The van der Waals surface area contributed by atoms with Crippen molar-refractivity contribution in [1.82, 2.24) is 4.72 Å². The molecular weight excluding hydrogens is 331 g/mol. The summed E-state index contributed by atoms with van der Waals surface area (Å²) in [4.78, 5) is -0.0523. The van der Waals surface area contributed by atoms with Crippen molar-refractivity contribution in [3.8, 4) is 5.75 Å². The van der Waals surface area contributed by atoms with E-state index in [9.17, 15) is 12.8 Å². The summed E-state index contributed by atoms with van der Waals surface area (Å²) >= 11 is 0. The molecular formula is C14H22ClFN2O3S. The molecule has 1 aliphatic rings. The summed E-state index contributed by atoms with van der Waals surface area (Å²) in [5.74, 6) is -0.475. The predicted molar refractivity (Wildman–Crippen MR) is 85.4 cm³/mol. The molecule has 1 saturated carbocycles. The first-order valence-corrected chi connectivity index (χ1v) is 8.44. The largest absolute Gasteiger partial charge is 0.494 e. The van der Waals surface area contributed by atoms with Crippen molar-refractivity contribution >= 4 is 22.4 Å². The van der Waals surface area contributed by atoms with E-state index >= 15 is 0 Å². The van der Waals surface area contributed by atoms with Crippen molar-refractivity contribution in [1.29, 1.82) is 0 Å². The van der Waals surface area contributed by atoms with Crippen LogP contribution >= 0.6 is 12.4 Å². The van der Waals surface area contributed by atoms with Gasteiger partial charge in [-0.1, -0.05) is 6.42 Å². The maximum absolute atomic E-state index is 14.0. The Labute approximate surface area is 136 Å². The number of hydrogen-bond donors (Lipinski definition) is 2. The number of ether oxygens (including phenoxy) is 1. The summed E-state index contributed by atoms with van der Waals surface area (Å²) in [5, 5.41) is 0. The van der Waals surface area contributed by atoms with E-state index in [1.807, 2.05) is 0 Å². The summed E-state index contributed by atoms with van der Waals surface area (Å²) in [7, 11) is -2.42. The molecule has 1 fully saturated rings. The Bertz CT molecular complexity index is 625. The molecule has 0 amide bonds. The Kier molecular flexibility index (Phi) is 6.61. The minimum absolute atomic E-state index is 0. The second-order valence-corrected chi connectivity index (χ2v) is 7.04. The molecule has 22 heavy (non-hydrogen) atoms. The van der Waals surface area contributed by atoms with E-state index in [1.54, 1.807) is 0 Å². The van der Waals surface area contributed by atoms with Crippen molar-refractivity contribution in [2.24, 2.45) is 11.7 Å². The molecule has 8 heteroatoms. The number of nitrogens with one attached hydrogen (secondary N) is 1. The molecule has 2 atom stereocenters. The van der Waals surface area contributed by atoms with Crippen molar-refractivity contribution in [2.75, 3.05) is 13.7 Å². The normalized spacial score (nSPS) is 21.5. The summed E-state index contributed by atoms with van der Waals surface area (Å²) in [6.07, 6.45) is 2.63. The summed E-state index contributed by atoms with van der Waals surface area (Å²) in [6, 6.07) is 2.52. The molecule has 0 radical (unpaired) electrons. The zero-order valence-corrected chi connectivity index (χ0v) is 14.3. The lowest BCUT2D eigenvalue weighted by atomic mass is 10.1. The Balaban J connectivity index is 0.00000242. The number of methoxy groups -OCH3 is 1. The van der Waals surface area contributed by atoms with Crippen LogP contribution in [0.15, 0.2) is 17.0 Å². The molecule has 2 unspecified atom stereocenters. The average molecular weight is 353 g/mol. The van der Waals surface area contributed by atoms with Gasteiger partial charge in [0.1, 0.15) is 0 Å². The Morgan fingerprint density at radius 3 is 2.68 bits per heavy atom. The number of hydrogen-bond acceptors (Lipinski definition) is 4. The molecule has 5 nitrogen and oxygen atoms in total. The number of nitrogens with two attached hydrogens (primary N) is 1. The molecule has 0 heterocycles. The summed E-state index contributed by atoms with van der Waals surface area (Å²) in [5.41, 5.74) is 5.72. The highest BCUT2D eigenvalue weighted by atomic mass is 35.5. The number of rotatable bonds is 5. The fourth-order valence-corrected chi connectivity index (χ4v) is 4.40. The van der Waals surface area contributed by atoms with Gasteiger partial charge in [0.15, 0.2) is 11.6 Å². The van der Waals surface area contributed by atoms with Gasteiger partial charge >= 0.3 is 0 Å². The van der Waals surface area contributed by atoms with E-state index in [1.165, 1.54) is 26.2 Å². The second-order valence-electron chi connectivity index (χ2n) is 5.36. The molecule has 1 aliphatic carbocycles. The van der Waals surface area contributed by atoms with Crippen LogP contribution in [0.4, 0.5) is 4.39 Å². The molecule has 2 rings (SSSR count). The van der Waals surface area contributed by atoms with Gasteiger partial charge in [-0.3, -0.25) is 0 Å². The lowest BCUT2D eigenvalue weighted by Gasteiger charge is -2.20. The van der Waals surface area contributed by atoms with Crippen LogP contribution in [0.5, 0.6) is 5.75 Å².